The number of nitrogens with one attached hydrogen (secondary N) is 1. The Labute approximate surface area is 135 Å². The number of hydrogen-bond acceptors (Lipinski definition) is 4. The van der Waals surface area contributed by atoms with Gasteiger partial charge in [0.15, 0.2) is 5.75 Å². The van der Waals surface area contributed by atoms with Crippen molar-refractivity contribution in [3.8, 4) is 11.6 Å². The van der Waals surface area contributed by atoms with Crippen LogP contribution in [-0.2, 0) is 11.0 Å². The van der Waals surface area contributed by atoms with Crippen molar-refractivity contribution in [2.75, 3.05) is 19.5 Å². The number of ether oxygens (including phenoxy) is 1. The van der Waals surface area contributed by atoms with Crippen LogP contribution in [0.15, 0.2) is 42.5 Å². The molecule has 0 unspecified atom stereocenters. The second-order valence-electron chi connectivity index (χ2n) is 4.57. The van der Waals surface area contributed by atoms with Crippen LogP contribution in [0.25, 0.3) is 0 Å². The van der Waals surface area contributed by atoms with Gasteiger partial charge in [-0.3, -0.25) is 4.84 Å². The van der Waals surface area contributed by atoms with Crippen molar-refractivity contribution in [3.05, 3.63) is 48.2 Å². The molecular formula is C15H14F3N3O3. The third-order valence-corrected chi connectivity index (χ3v) is 2.92. The highest BCUT2D eigenvalue weighted by Crippen LogP contribution is 2.32. The number of aromatic nitrogens is 1. The Morgan fingerprint density at radius 1 is 1.17 bits per heavy atom. The monoisotopic (exact) mass is 341 g/mol. The van der Waals surface area contributed by atoms with E-state index >= 15 is 0 Å². The highest BCUT2D eigenvalue weighted by atomic mass is 19.4. The van der Waals surface area contributed by atoms with Crippen LogP contribution >= 0.6 is 0 Å². The van der Waals surface area contributed by atoms with Gasteiger partial charge in [-0.15, -0.1) is 0 Å². The van der Waals surface area contributed by atoms with Gasteiger partial charge in [-0.2, -0.15) is 13.2 Å². The van der Waals surface area contributed by atoms with Crippen LogP contribution in [0.5, 0.6) is 11.6 Å². The smallest absolute Gasteiger partial charge is 0.433 e. The summed E-state index contributed by atoms with van der Waals surface area (Å²) in [5, 5.41) is 3.46. The van der Waals surface area contributed by atoms with Gasteiger partial charge in [0.1, 0.15) is 5.69 Å². The summed E-state index contributed by atoms with van der Waals surface area (Å²) in [4.78, 5) is 20.0. The number of urea groups is 1. The molecule has 0 aliphatic carbocycles. The van der Waals surface area contributed by atoms with Crippen LogP contribution in [0.1, 0.15) is 5.69 Å². The fourth-order valence-corrected chi connectivity index (χ4v) is 1.68. The van der Waals surface area contributed by atoms with Gasteiger partial charge in [-0.05, 0) is 18.2 Å². The van der Waals surface area contributed by atoms with Gasteiger partial charge >= 0.3 is 12.2 Å². The van der Waals surface area contributed by atoms with Gasteiger partial charge in [0.2, 0.25) is 5.88 Å². The highest BCUT2D eigenvalue weighted by molar-refractivity contribution is 5.90. The standard InChI is InChI=1S/C15H14F3N3O3/c1-21(23-2)14(22)19-10-6-3-4-7-11(10)24-13-9-5-8-12(20-13)15(16,17)18/h3-9H,1-2H3,(H,19,22). The Kier molecular flexibility index (Phi) is 5.24. The van der Waals surface area contributed by atoms with Crippen LogP contribution in [-0.4, -0.2) is 30.2 Å². The summed E-state index contributed by atoms with van der Waals surface area (Å²) < 4.78 is 43.4. The van der Waals surface area contributed by atoms with E-state index in [1.807, 2.05) is 0 Å². The molecular weight excluding hydrogens is 327 g/mol. The van der Waals surface area contributed by atoms with Crippen molar-refractivity contribution in [2.24, 2.45) is 0 Å². The first kappa shape index (κ1) is 17.5. The maximum atomic E-state index is 12.7. The molecule has 1 N–H and O–H groups in total. The molecule has 0 aliphatic rings. The average Bonchev–Trinajstić information content (AvgIpc) is 2.55. The molecule has 128 valence electrons. The Hall–Kier alpha value is -2.81. The molecule has 0 saturated carbocycles. The molecule has 0 spiro atoms. The molecule has 24 heavy (non-hydrogen) atoms. The largest absolute Gasteiger partial charge is 0.437 e. The number of para-hydroxylation sites is 2. The molecule has 0 fully saturated rings. The van der Waals surface area contributed by atoms with Crippen LogP contribution in [0.2, 0.25) is 0 Å². The predicted molar refractivity (Wildman–Crippen MR) is 79.5 cm³/mol. The number of carbonyl (C=O) groups excluding carboxylic acids is 1. The maximum Gasteiger partial charge on any atom is 0.433 e. The van der Waals surface area contributed by atoms with Gasteiger partial charge in [0.05, 0.1) is 12.8 Å². The van der Waals surface area contributed by atoms with E-state index in [4.69, 9.17) is 9.57 Å². The summed E-state index contributed by atoms with van der Waals surface area (Å²) in [6, 6.07) is 9.00. The van der Waals surface area contributed by atoms with Gasteiger partial charge in [0, 0.05) is 13.1 Å². The van der Waals surface area contributed by atoms with Crippen molar-refractivity contribution in [2.45, 2.75) is 6.18 Å². The summed E-state index contributed by atoms with van der Waals surface area (Å²) in [6.07, 6.45) is -4.58. The predicted octanol–water partition coefficient (Wildman–Crippen LogP) is 3.92. The molecule has 1 aromatic carbocycles. The molecule has 2 aromatic rings. The molecule has 1 aromatic heterocycles. The van der Waals surface area contributed by atoms with Crippen molar-refractivity contribution >= 4 is 11.7 Å². The number of amides is 2. The lowest BCUT2D eigenvalue weighted by Crippen LogP contribution is -2.30. The van der Waals surface area contributed by atoms with E-state index in [2.05, 4.69) is 10.3 Å². The summed E-state index contributed by atoms with van der Waals surface area (Å²) in [7, 11) is 2.71. The molecule has 2 amide bonds. The van der Waals surface area contributed by atoms with Crippen molar-refractivity contribution in [1.82, 2.24) is 10.0 Å². The summed E-state index contributed by atoms with van der Waals surface area (Å²) in [6.45, 7) is 0. The minimum atomic E-state index is -4.58. The molecule has 0 saturated heterocycles. The SMILES string of the molecule is CON(C)C(=O)Nc1ccccc1Oc1cccc(C(F)(F)F)n1. The molecule has 1 heterocycles. The number of benzene rings is 1. The minimum Gasteiger partial charge on any atom is -0.437 e. The second kappa shape index (κ2) is 7.18. The van der Waals surface area contributed by atoms with Crippen molar-refractivity contribution in [1.29, 1.82) is 0 Å². The van der Waals surface area contributed by atoms with Gasteiger partial charge in [0.25, 0.3) is 0 Å². The van der Waals surface area contributed by atoms with E-state index in [1.165, 1.54) is 38.4 Å². The topological polar surface area (TPSA) is 63.7 Å². The lowest BCUT2D eigenvalue weighted by molar-refractivity contribution is -0.141. The van der Waals surface area contributed by atoms with E-state index in [0.29, 0.717) is 0 Å². The number of alkyl halides is 3. The summed E-state index contributed by atoms with van der Waals surface area (Å²) >= 11 is 0. The zero-order valence-electron chi connectivity index (χ0n) is 12.8. The third-order valence-electron chi connectivity index (χ3n) is 2.92. The molecule has 0 aliphatic heterocycles. The Morgan fingerprint density at radius 3 is 2.54 bits per heavy atom. The van der Waals surface area contributed by atoms with Gasteiger partial charge in [-0.25, -0.2) is 14.8 Å². The van der Waals surface area contributed by atoms with Gasteiger partial charge in [-0.1, -0.05) is 18.2 Å². The fraction of sp³-hybridized carbons (Fsp3) is 0.200. The highest BCUT2D eigenvalue weighted by Gasteiger charge is 2.32. The number of hydroxylamine groups is 2. The van der Waals surface area contributed by atoms with E-state index in [9.17, 15) is 18.0 Å². The van der Waals surface area contributed by atoms with E-state index in [-0.39, 0.29) is 17.3 Å². The number of anilines is 1. The molecule has 6 nitrogen and oxygen atoms in total. The van der Waals surface area contributed by atoms with Crippen LogP contribution in [0, 0.1) is 0 Å². The molecule has 0 bridgehead atoms. The summed E-state index contributed by atoms with van der Waals surface area (Å²) in [5.41, 5.74) is -0.814. The molecule has 0 atom stereocenters. The first-order valence-corrected chi connectivity index (χ1v) is 6.71. The average molecular weight is 341 g/mol. The Bertz CT molecular complexity index is 722. The Morgan fingerprint density at radius 2 is 1.88 bits per heavy atom. The maximum absolute atomic E-state index is 12.7. The van der Waals surface area contributed by atoms with Crippen LogP contribution in [0.4, 0.5) is 23.7 Å². The number of carbonyl (C=O) groups is 1. The lowest BCUT2D eigenvalue weighted by atomic mass is 10.3. The first-order chi connectivity index (χ1) is 11.3. The van der Waals surface area contributed by atoms with Crippen LogP contribution < -0.4 is 10.1 Å². The first-order valence-electron chi connectivity index (χ1n) is 6.71. The molecule has 2 rings (SSSR count). The fourth-order valence-electron chi connectivity index (χ4n) is 1.68. The zero-order valence-corrected chi connectivity index (χ0v) is 12.8. The number of halogens is 3. The van der Waals surface area contributed by atoms with E-state index in [0.717, 1.165) is 11.1 Å². The lowest BCUT2D eigenvalue weighted by Gasteiger charge is -2.16. The molecule has 0 radical (unpaired) electrons. The second-order valence-corrected chi connectivity index (χ2v) is 4.57. The normalized spacial score (nSPS) is 11.0. The number of rotatable bonds is 4. The third kappa shape index (κ3) is 4.35. The Balaban J connectivity index is 2.23. The van der Waals surface area contributed by atoms with Crippen molar-refractivity contribution in [3.63, 3.8) is 0 Å². The van der Waals surface area contributed by atoms with E-state index < -0.39 is 17.9 Å². The van der Waals surface area contributed by atoms with Crippen LogP contribution in [0.3, 0.4) is 0 Å². The van der Waals surface area contributed by atoms with E-state index in [1.54, 1.807) is 12.1 Å². The van der Waals surface area contributed by atoms with Gasteiger partial charge < -0.3 is 10.1 Å². The zero-order chi connectivity index (χ0) is 17.7. The quantitative estimate of drug-likeness (QED) is 0.856. The van der Waals surface area contributed by atoms with Crippen molar-refractivity contribution < 1.29 is 27.5 Å². The number of nitrogens with zero attached hydrogens (tertiary/aromatic N) is 2. The number of pyridine rings is 1. The minimum absolute atomic E-state index is 0.141. The number of hydrogen-bond donors (Lipinski definition) is 1. The summed E-state index contributed by atoms with van der Waals surface area (Å²) in [5.74, 6) is -0.103. The molecule has 9 heteroatoms.